The third-order valence-corrected chi connectivity index (χ3v) is 7.21. The molecule has 1 unspecified atom stereocenters. The topological polar surface area (TPSA) is 61.8 Å². The number of halogens is 1. The van der Waals surface area contributed by atoms with Crippen LogP contribution in [0, 0.1) is 11.8 Å². The Labute approximate surface area is 174 Å². The van der Waals surface area contributed by atoms with E-state index in [0.717, 1.165) is 37.8 Å². The Morgan fingerprint density at radius 2 is 1.85 bits per heavy atom. The van der Waals surface area contributed by atoms with E-state index in [1.807, 2.05) is 7.05 Å². The van der Waals surface area contributed by atoms with E-state index in [4.69, 9.17) is 0 Å². The van der Waals surface area contributed by atoms with Gasteiger partial charge in [0.2, 0.25) is 0 Å². The van der Waals surface area contributed by atoms with Crippen molar-refractivity contribution in [1.82, 2.24) is 10.2 Å². The summed E-state index contributed by atoms with van der Waals surface area (Å²) in [6.07, 6.45) is 4.27. The molecule has 3 rings (SSSR count). The first-order chi connectivity index (χ1) is 12.1. The highest BCUT2D eigenvalue weighted by Crippen LogP contribution is 2.22. The van der Waals surface area contributed by atoms with Crippen molar-refractivity contribution in [1.29, 1.82) is 0 Å². The van der Waals surface area contributed by atoms with E-state index in [-0.39, 0.29) is 29.9 Å². The van der Waals surface area contributed by atoms with Gasteiger partial charge < -0.3 is 10.2 Å². The Morgan fingerprint density at radius 1 is 1.15 bits per heavy atom. The molecule has 1 aromatic carbocycles. The number of piperidine rings is 1. The zero-order valence-corrected chi connectivity index (χ0v) is 18.6. The quantitative estimate of drug-likeness (QED) is 0.400. The summed E-state index contributed by atoms with van der Waals surface area (Å²) < 4.78 is 23.1. The average Bonchev–Trinajstić information content (AvgIpc) is 2.97. The summed E-state index contributed by atoms with van der Waals surface area (Å²) >= 11 is 0. The van der Waals surface area contributed by atoms with Gasteiger partial charge in [-0.3, -0.25) is 4.99 Å². The third kappa shape index (κ3) is 6.11. The highest BCUT2D eigenvalue weighted by atomic mass is 127. The molecule has 0 spiro atoms. The lowest BCUT2D eigenvalue weighted by atomic mass is 9.90. The Bertz CT molecular complexity index is 686. The minimum Gasteiger partial charge on any atom is -0.356 e. The summed E-state index contributed by atoms with van der Waals surface area (Å²) in [5, 5.41) is 3.39. The van der Waals surface area contributed by atoms with Crippen LogP contribution in [0.3, 0.4) is 0 Å². The molecular formula is C19H30IN3O2S. The predicted octanol–water partition coefficient (Wildman–Crippen LogP) is 2.57. The molecule has 0 saturated carbocycles. The Kier molecular flexibility index (Phi) is 8.19. The molecule has 2 fully saturated rings. The number of guanidine groups is 1. The smallest absolute Gasteiger partial charge is 0.193 e. The van der Waals surface area contributed by atoms with E-state index in [1.54, 1.807) is 0 Å². The monoisotopic (exact) mass is 491 g/mol. The standard InChI is InChI=1S/C19H29N3O2S.HI/c1-20-19(21-14-18-9-12-25(23,24)15-18)22-10-7-17(8-11-22)13-16-5-3-2-4-6-16;/h2-6,17-18H,7-15H2,1H3,(H,20,21);1H. The second-order valence-electron chi connectivity index (χ2n) is 7.32. The van der Waals surface area contributed by atoms with Crippen LogP contribution in [0.2, 0.25) is 0 Å². The number of aliphatic imine (C=N–C) groups is 1. The maximum Gasteiger partial charge on any atom is 0.193 e. The van der Waals surface area contributed by atoms with Gasteiger partial charge in [-0.15, -0.1) is 24.0 Å². The number of rotatable bonds is 4. The summed E-state index contributed by atoms with van der Waals surface area (Å²) in [5.74, 6) is 2.52. The molecule has 0 aromatic heterocycles. The fourth-order valence-corrected chi connectivity index (χ4v) is 5.76. The molecule has 7 heteroatoms. The SMILES string of the molecule is CN=C(NCC1CCS(=O)(=O)C1)N1CCC(Cc2ccccc2)CC1.I. The normalized spacial score (nSPS) is 23.5. The lowest BCUT2D eigenvalue weighted by molar-refractivity contribution is 0.258. The zero-order valence-electron chi connectivity index (χ0n) is 15.4. The van der Waals surface area contributed by atoms with Crippen molar-refractivity contribution in [3.63, 3.8) is 0 Å². The number of benzene rings is 1. The number of hydrogen-bond donors (Lipinski definition) is 1. The number of nitrogens with zero attached hydrogens (tertiary/aromatic N) is 2. The van der Waals surface area contributed by atoms with Crippen LogP contribution in [0.4, 0.5) is 0 Å². The van der Waals surface area contributed by atoms with Crippen molar-refractivity contribution in [2.75, 3.05) is 38.2 Å². The lowest BCUT2D eigenvalue weighted by Gasteiger charge is -2.34. The van der Waals surface area contributed by atoms with Crippen LogP contribution < -0.4 is 5.32 Å². The predicted molar refractivity (Wildman–Crippen MR) is 118 cm³/mol. The minimum atomic E-state index is -2.81. The first kappa shape index (κ1) is 21.5. The number of nitrogens with one attached hydrogen (secondary N) is 1. The first-order valence-corrected chi connectivity index (χ1v) is 11.1. The molecule has 2 saturated heterocycles. The minimum absolute atomic E-state index is 0. The second-order valence-corrected chi connectivity index (χ2v) is 9.55. The molecule has 0 aliphatic carbocycles. The van der Waals surface area contributed by atoms with Crippen molar-refractivity contribution in [3.8, 4) is 0 Å². The highest BCUT2D eigenvalue weighted by molar-refractivity contribution is 14.0. The molecule has 2 aliphatic rings. The van der Waals surface area contributed by atoms with Crippen molar-refractivity contribution >= 4 is 39.8 Å². The molecule has 26 heavy (non-hydrogen) atoms. The van der Waals surface area contributed by atoms with E-state index in [9.17, 15) is 8.42 Å². The molecule has 0 amide bonds. The van der Waals surface area contributed by atoms with Crippen LogP contribution in [-0.4, -0.2) is 57.5 Å². The van der Waals surface area contributed by atoms with Crippen LogP contribution in [0.25, 0.3) is 0 Å². The maximum atomic E-state index is 11.6. The van der Waals surface area contributed by atoms with E-state index in [0.29, 0.717) is 18.1 Å². The number of sulfone groups is 1. The molecule has 146 valence electrons. The van der Waals surface area contributed by atoms with E-state index in [1.165, 1.54) is 18.4 Å². The van der Waals surface area contributed by atoms with Gasteiger partial charge in [0.1, 0.15) is 0 Å². The van der Waals surface area contributed by atoms with Crippen molar-refractivity contribution < 1.29 is 8.42 Å². The van der Waals surface area contributed by atoms with E-state index < -0.39 is 9.84 Å². The van der Waals surface area contributed by atoms with Crippen LogP contribution in [-0.2, 0) is 16.3 Å². The van der Waals surface area contributed by atoms with Gasteiger partial charge in [0, 0.05) is 26.7 Å². The molecule has 5 nitrogen and oxygen atoms in total. The van der Waals surface area contributed by atoms with Crippen LogP contribution in [0.15, 0.2) is 35.3 Å². The Hall–Kier alpha value is -0.830. The Morgan fingerprint density at radius 3 is 2.42 bits per heavy atom. The highest BCUT2D eigenvalue weighted by Gasteiger charge is 2.28. The van der Waals surface area contributed by atoms with Gasteiger partial charge in [-0.25, -0.2) is 8.42 Å². The molecule has 0 bridgehead atoms. The molecule has 2 heterocycles. The van der Waals surface area contributed by atoms with Crippen LogP contribution in [0.1, 0.15) is 24.8 Å². The number of likely N-dealkylation sites (tertiary alicyclic amines) is 1. The zero-order chi connectivity index (χ0) is 17.7. The fourth-order valence-electron chi connectivity index (χ4n) is 3.90. The van der Waals surface area contributed by atoms with Crippen molar-refractivity contribution in [3.05, 3.63) is 35.9 Å². The van der Waals surface area contributed by atoms with E-state index in [2.05, 4.69) is 45.5 Å². The summed E-state index contributed by atoms with van der Waals surface area (Å²) in [7, 11) is -0.996. The van der Waals surface area contributed by atoms with Gasteiger partial charge >= 0.3 is 0 Å². The third-order valence-electron chi connectivity index (χ3n) is 5.37. The molecular weight excluding hydrogens is 461 g/mol. The average molecular weight is 491 g/mol. The fraction of sp³-hybridized carbons (Fsp3) is 0.632. The largest absolute Gasteiger partial charge is 0.356 e. The second kappa shape index (κ2) is 9.92. The molecule has 1 atom stereocenters. The summed E-state index contributed by atoms with van der Waals surface area (Å²) in [4.78, 5) is 6.71. The summed E-state index contributed by atoms with van der Waals surface area (Å²) in [6, 6.07) is 10.7. The van der Waals surface area contributed by atoms with Gasteiger partial charge in [0.15, 0.2) is 15.8 Å². The van der Waals surface area contributed by atoms with Gasteiger partial charge in [0.05, 0.1) is 11.5 Å². The van der Waals surface area contributed by atoms with Crippen molar-refractivity contribution in [2.24, 2.45) is 16.8 Å². The molecule has 0 radical (unpaired) electrons. The van der Waals surface area contributed by atoms with Crippen LogP contribution in [0.5, 0.6) is 0 Å². The van der Waals surface area contributed by atoms with Gasteiger partial charge in [-0.1, -0.05) is 30.3 Å². The molecule has 2 aliphatic heterocycles. The molecule has 1 aromatic rings. The molecule has 1 N–H and O–H groups in total. The first-order valence-electron chi connectivity index (χ1n) is 9.25. The van der Waals surface area contributed by atoms with Crippen molar-refractivity contribution in [2.45, 2.75) is 25.7 Å². The summed E-state index contributed by atoms with van der Waals surface area (Å²) in [5.41, 5.74) is 1.42. The maximum absolute atomic E-state index is 11.6. The van der Waals surface area contributed by atoms with Crippen LogP contribution >= 0.6 is 24.0 Å². The Balaban J connectivity index is 0.00000243. The van der Waals surface area contributed by atoms with Gasteiger partial charge in [-0.05, 0) is 43.1 Å². The van der Waals surface area contributed by atoms with Gasteiger partial charge in [0.25, 0.3) is 0 Å². The summed E-state index contributed by atoms with van der Waals surface area (Å²) in [6.45, 7) is 2.73. The van der Waals surface area contributed by atoms with E-state index >= 15 is 0 Å². The van der Waals surface area contributed by atoms with Gasteiger partial charge in [-0.2, -0.15) is 0 Å². The lowest BCUT2D eigenvalue weighted by Crippen LogP contribution is -2.47. The number of hydrogen-bond acceptors (Lipinski definition) is 3.